The third-order valence-corrected chi connectivity index (χ3v) is 5.52. The van der Waals surface area contributed by atoms with Gasteiger partial charge in [0.2, 0.25) is 5.95 Å². The molecule has 2 aromatic carbocycles. The molecule has 0 fully saturated rings. The van der Waals surface area contributed by atoms with Gasteiger partial charge in [-0.15, -0.1) is 13.2 Å². The number of imidazole rings is 1. The van der Waals surface area contributed by atoms with Gasteiger partial charge in [0.25, 0.3) is 5.91 Å². The van der Waals surface area contributed by atoms with E-state index in [0.717, 1.165) is 11.3 Å². The van der Waals surface area contributed by atoms with Crippen molar-refractivity contribution in [1.29, 1.82) is 0 Å². The monoisotopic (exact) mass is 483 g/mol. The molecule has 33 heavy (non-hydrogen) atoms. The van der Waals surface area contributed by atoms with E-state index in [4.69, 9.17) is 0 Å². The summed E-state index contributed by atoms with van der Waals surface area (Å²) in [5, 5.41) is 15.0. The number of carbonyl (C=O) groups excluding carboxylic acids is 1. The maximum absolute atomic E-state index is 14.5. The minimum atomic E-state index is -4.80. The van der Waals surface area contributed by atoms with Crippen molar-refractivity contribution in [1.82, 2.24) is 19.9 Å². The molecule has 1 amide bonds. The van der Waals surface area contributed by atoms with Gasteiger partial charge in [-0.3, -0.25) is 4.79 Å². The second kappa shape index (κ2) is 8.48. The standard InChI is InChI=1S/C20H17F4N5O3S/c1-9(30)8-25-17(31)11-6-14-15(7-12(11)21)29(2)18(26-14)28-19-27-13-4-3-10(5-16(13)33-19)32-20(22,23)24/h3-7,9,30H,8H2,1-2H3,(H,25,31)(H,26,27,28). The van der Waals surface area contributed by atoms with Gasteiger partial charge in [0.15, 0.2) is 5.13 Å². The van der Waals surface area contributed by atoms with Crippen LogP contribution in [0.3, 0.4) is 0 Å². The van der Waals surface area contributed by atoms with Crippen molar-refractivity contribution in [3.63, 3.8) is 0 Å². The average Bonchev–Trinajstić information content (AvgIpc) is 3.24. The van der Waals surface area contributed by atoms with Crippen molar-refractivity contribution in [2.45, 2.75) is 19.4 Å². The number of nitrogens with zero attached hydrogens (tertiary/aromatic N) is 3. The molecule has 0 bridgehead atoms. The second-order valence-electron chi connectivity index (χ2n) is 7.20. The molecule has 2 aromatic heterocycles. The summed E-state index contributed by atoms with van der Waals surface area (Å²) >= 11 is 1.09. The van der Waals surface area contributed by atoms with Gasteiger partial charge >= 0.3 is 6.36 Å². The Bertz CT molecular complexity index is 1350. The van der Waals surface area contributed by atoms with Gasteiger partial charge in [-0.2, -0.15) is 0 Å². The summed E-state index contributed by atoms with van der Waals surface area (Å²) in [6.45, 7) is 1.46. The molecule has 0 radical (unpaired) electrons. The lowest BCUT2D eigenvalue weighted by atomic mass is 10.1. The molecule has 174 valence electrons. The number of alkyl halides is 3. The van der Waals surface area contributed by atoms with Gasteiger partial charge in [-0.05, 0) is 25.1 Å². The van der Waals surface area contributed by atoms with Gasteiger partial charge in [0, 0.05) is 25.7 Å². The fourth-order valence-electron chi connectivity index (χ4n) is 3.09. The first-order valence-electron chi connectivity index (χ1n) is 9.56. The summed E-state index contributed by atoms with van der Waals surface area (Å²) in [5.41, 5.74) is 0.985. The summed E-state index contributed by atoms with van der Waals surface area (Å²) in [6.07, 6.45) is -5.58. The number of amides is 1. The average molecular weight is 483 g/mol. The predicted octanol–water partition coefficient (Wildman–Crippen LogP) is 4.07. The van der Waals surface area contributed by atoms with E-state index in [1.807, 2.05) is 0 Å². The summed E-state index contributed by atoms with van der Waals surface area (Å²) in [7, 11) is 1.63. The molecule has 4 aromatic rings. The van der Waals surface area contributed by atoms with E-state index in [2.05, 4.69) is 25.3 Å². The maximum Gasteiger partial charge on any atom is 0.573 e. The second-order valence-corrected chi connectivity index (χ2v) is 8.23. The largest absolute Gasteiger partial charge is 0.573 e. The first-order chi connectivity index (χ1) is 15.5. The lowest BCUT2D eigenvalue weighted by Gasteiger charge is -2.08. The molecule has 0 saturated carbocycles. The van der Waals surface area contributed by atoms with E-state index in [1.54, 1.807) is 11.6 Å². The van der Waals surface area contributed by atoms with E-state index in [9.17, 15) is 27.5 Å². The van der Waals surface area contributed by atoms with Crippen LogP contribution in [-0.4, -0.2) is 44.6 Å². The number of hydrogen-bond donors (Lipinski definition) is 3. The minimum Gasteiger partial charge on any atom is -0.406 e. The normalized spacial score (nSPS) is 12.8. The molecule has 0 aliphatic carbocycles. The van der Waals surface area contributed by atoms with Gasteiger partial charge in [0.05, 0.1) is 32.9 Å². The van der Waals surface area contributed by atoms with Crippen molar-refractivity contribution < 1.29 is 32.2 Å². The number of aliphatic hydroxyl groups is 1. The molecule has 1 unspecified atom stereocenters. The van der Waals surface area contributed by atoms with Gasteiger partial charge < -0.3 is 25.0 Å². The zero-order valence-corrected chi connectivity index (χ0v) is 18.0. The number of carbonyl (C=O) groups is 1. The number of aromatic nitrogens is 3. The van der Waals surface area contributed by atoms with Crippen LogP contribution in [0, 0.1) is 5.82 Å². The summed E-state index contributed by atoms with van der Waals surface area (Å²) in [4.78, 5) is 20.9. The van der Waals surface area contributed by atoms with Crippen LogP contribution in [0.1, 0.15) is 17.3 Å². The molecule has 0 aliphatic rings. The minimum absolute atomic E-state index is 0.0291. The Hall–Kier alpha value is -3.45. The SMILES string of the molecule is CC(O)CNC(=O)c1cc2nc(Nc3nc4ccc(OC(F)(F)F)cc4s3)n(C)c2cc1F. The first-order valence-corrected chi connectivity index (χ1v) is 10.4. The Labute approximate surface area is 187 Å². The smallest absolute Gasteiger partial charge is 0.406 e. The highest BCUT2D eigenvalue weighted by atomic mass is 32.1. The van der Waals surface area contributed by atoms with Gasteiger partial charge in [0.1, 0.15) is 11.6 Å². The fourth-order valence-corrected chi connectivity index (χ4v) is 3.97. The molecule has 0 saturated heterocycles. The van der Waals surface area contributed by atoms with Crippen LogP contribution >= 0.6 is 11.3 Å². The highest BCUT2D eigenvalue weighted by Crippen LogP contribution is 2.33. The van der Waals surface area contributed by atoms with Gasteiger partial charge in [-0.25, -0.2) is 14.4 Å². The van der Waals surface area contributed by atoms with Crippen LogP contribution < -0.4 is 15.4 Å². The van der Waals surface area contributed by atoms with Crippen molar-refractivity contribution in [2.75, 3.05) is 11.9 Å². The first kappa shape index (κ1) is 22.7. The number of hydrogen-bond acceptors (Lipinski definition) is 7. The third kappa shape index (κ3) is 4.98. The molecule has 13 heteroatoms. The zero-order valence-electron chi connectivity index (χ0n) is 17.2. The highest BCUT2D eigenvalue weighted by molar-refractivity contribution is 7.22. The van der Waals surface area contributed by atoms with Crippen molar-refractivity contribution in [3.8, 4) is 5.75 Å². The topological polar surface area (TPSA) is 101 Å². The Kier molecular flexibility index (Phi) is 5.84. The van der Waals surface area contributed by atoms with Gasteiger partial charge in [-0.1, -0.05) is 11.3 Å². The van der Waals surface area contributed by atoms with Crippen LogP contribution in [0.25, 0.3) is 21.3 Å². The quantitative estimate of drug-likeness (QED) is 0.358. The number of nitrogens with one attached hydrogen (secondary N) is 2. The van der Waals surface area contributed by atoms with Crippen LogP contribution in [-0.2, 0) is 7.05 Å². The summed E-state index contributed by atoms with van der Waals surface area (Å²) < 4.78 is 57.8. The number of anilines is 2. The van der Waals surface area contributed by atoms with Crippen LogP contribution in [0.4, 0.5) is 28.6 Å². The molecular formula is C20H17F4N5O3S. The molecular weight excluding hydrogens is 466 g/mol. The molecule has 8 nitrogen and oxygen atoms in total. The molecule has 3 N–H and O–H groups in total. The number of aliphatic hydroxyl groups excluding tert-OH is 1. The van der Waals surface area contributed by atoms with Crippen LogP contribution in [0.2, 0.25) is 0 Å². The van der Waals surface area contributed by atoms with E-state index in [1.165, 1.54) is 37.3 Å². The molecule has 1 atom stereocenters. The zero-order chi connectivity index (χ0) is 23.9. The highest BCUT2D eigenvalue weighted by Gasteiger charge is 2.31. The maximum atomic E-state index is 14.5. The van der Waals surface area contributed by atoms with E-state index < -0.39 is 24.2 Å². The van der Waals surface area contributed by atoms with E-state index in [-0.39, 0.29) is 23.8 Å². The summed E-state index contributed by atoms with van der Waals surface area (Å²) in [5.74, 6) is -1.50. The number of rotatable bonds is 6. The molecule has 2 heterocycles. The van der Waals surface area contributed by atoms with Crippen molar-refractivity contribution >= 4 is 49.6 Å². The number of ether oxygens (including phenoxy) is 1. The number of halogens is 4. The van der Waals surface area contributed by atoms with E-state index in [0.29, 0.717) is 26.4 Å². The summed E-state index contributed by atoms with van der Waals surface area (Å²) in [6, 6.07) is 6.27. The Morgan fingerprint density at radius 3 is 2.70 bits per heavy atom. The Morgan fingerprint density at radius 2 is 2.00 bits per heavy atom. The predicted molar refractivity (Wildman–Crippen MR) is 114 cm³/mol. The lowest BCUT2D eigenvalue weighted by Crippen LogP contribution is -2.31. The number of benzene rings is 2. The number of thiazole rings is 1. The van der Waals surface area contributed by atoms with Crippen molar-refractivity contribution in [3.05, 3.63) is 41.7 Å². The molecule has 4 rings (SSSR count). The number of fused-ring (bicyclic) bond motifs is 2. The molecule has 0 spiro atoms. The van der Waals surface area contributed by atoms with E-state index >= 15 is 0 Å². The number of aryl methyl sites for hydroxylation is 1. The van der Waals surface area contributed by atoms with Crippen LogP contribution in [0.5, 0.6) is 5.75 Å². The lowest BCUT2D eigenvalue weighted by molar-refractivity contribution is -0.274. The van der Waals surface area contributed by atoms with Crippen molar-refractivity contribution in [2.24, 2.45) is 7.05 Å². The third-order valence-electron chi connectivity index (χ3n) is 4.58. The fraction of sp³-hybridized carbons (Fsp3) is 0.250. The molecule has 0 aliphatic heterocycles. The Morgan fingerprint density at radius 1 is 1.24 bits per heavy atom. The Balaban J connectivity index is 1.61. The van der Waals surface area contributed by atoms with Crippen LogP contribution in [0.15, 0.2) is 30.3 Å².